The highest BCUT2D eigenvalue weighted by atomic mass is 14.4. The number of fused-ring (bicyclic) bond motifs is 9. The van der Waals surface area contributed by atoms with Crippen LogP contribution in [0.25, 0.3) is 131 Å². The third kappa shape index (κ3) is 7.56. The molecule has 0 saturated heterocycles. The molecule has 13 aromatic rings. The van der Waals surface area contributed by atoms with Gasteiger partial charge in [-0.05, 0) is 191 Å². The van der Waals surface area contributed by atoms with Crippen LogP contribution in [0.4, 0.5) is 0 Å². The minimum absolute atomic E-state index is 0.247. The maximum Gasteiger partial charge on any atom is 0.0159 e. The molecule has 0 fully saturated rings. The second-order valence-electron chi connectivity index (χ2n) is 22.3. The van der Waals surface area contributed by atoms with Gasteiger partial charge in [0.1, 0.15) is 0 Å². The van der Waals surface area contributed by atoms with Gasteiger partial charge in [-0.3, -0.25) is 0 Å². The summed E-state index contributed by atoms with van der Waals surface area (Å²) in [6.07, 6.45) is 7.08. The topological polar surface area (TPSA) is 0 Å². The summed E-state index contributed by atoms with van der Waals surface area (Å²) in [7, 11) is 0. The lowest BCUT2D eigenvalue weighted by Gasteiger charge is -2.24. The summed E-state index contributed by atoms with van der Waals surface area (Å²) in [5.74, 6) is 0. The molecular weight excluding hydrogens is 925 g/mol. The molecule has 0 amide bonds. The van der Waals surface area contributed by atoms with E-state index in [0.29, 0.717) is 0 Å². The Labute approximate surface area is 453 Å². The molecule has 0 saturated carbocycles. The van der Waals surface area contributed by atoms with Crippen LogP contribution < -0.4 is 0 Å². The van der Waals surface area contributed by atoms with Crippen LogP contribution in [0, 0.1) is 0 Å². The summed E-state index contributed by atoms with van der Waals surface area (Å²) in [4.78, 5) is 0. The van der Waals surface area contributed by atoms with Gasteiger partial charge >= 0.3 is 0 Å². The van der Waals surface area contributed by atoms with Crippen LogP contribution in [0.3, 0.4) is 0 Å². The van der Waals surface area contributed by atoms with E-state index in [2.05, 4.69) is 258 Å². The smallest absolute Gasteiger partial charge is 0.0159 e. The van der Waals surface area contributed by atoms with Gasteiger partial charge in [-0.15, -0.1) is 0 Å². The number of hydrogen-bond acceptors (Lipinski definition) is 0. The Morgan fingerprint density at radius 2 is 0.494 bits per heavy atom. The fourth-order valence-corrected chi connectivity index (χ4v) is 13.7. The van der Waals surface area contributed by atoms with Crippen LogP contribution >= 0.6 is 0 Å². The lowest BCUT2D eigenvalue weighted by Crippen LogP contribution is -2.15. The van der Waals surface area contributed by atoms with Crippen molar-refractivity contribution in [3.8, 4) is 66.8 Å². The summed E-state index contributed by atoms with van der Waals surface area (Å²) in [6.45, 7) is 9.42. The van der Waals surface area contributed by atoms with Crippen molar-refractivity contribution < 1.29 is 0 Å². The monoisotopic (exact) mass is 986 g/mol. The van der Waals surface area contributed by atoms with Gasteiger partial charge in [0.05, 0.1) is 0 Å². The second kappa shape index (κ2) is 18.9. The Kier molecular flexibility index (Phi) is 11.5. The van der Waals surface area contributed by atoms with Crippen LogP contribution in [0.2, 0.25) is 0 Å². The zero-order valence-electron chi connectivity index (χ0n) is 44.7. The van der Waals surface area contributed by atoms with Crippen LogP contribution in [0.1, 0.15) is 75.6 Å². The summed E-state index contributed by atoms with van der Waals surface area (Å²) >= 11 is 0. The molecule has 0 unspecified atom stereocenters. The Morgan fingerprint density at radius 3 is 0.753 bits per heavy atom. The summed E-state index contributed by atoms with van der Waals surface area (Å²) in [5.41, 5.74) is 20.8. The Balaban J connectivity index is 0.915. The average molecular weight is 987 g/mol. The molecule has 0 bridgehead atoms. The Morgan fingerprint density at radius 1 is 0.260 bits per heavy atom. The molecule has 370 valence electrons. The molecule has 0 radical (unpaired) electrons. The molecule has 1 aliphatic rings. The van der Waals surface area contributed by atoms with Gasteiger partial charge in [0.2, 0.25) is 0 Å². The van der Waals surface area contributed by atoms with Gasteiger partial charge in [0, 0.05) is 5.41 Å². The number of unbranched alkanes of at least 4 members (excludes halogenated alkanes) is 2. The standard InChI is InChI=1S/C77H62/c1-5-7-21-49-35-39-51(40-36-49)71-57-23-9-11-25-59(57)73(60-26-12-10-24-58(60)71)53-43-45-55-56-46-44-54(48-70(56)77(3,4)69(55)47-53)74-63-29-15-19-33-67(63)76(68-34-20-16-30-64(68)74)75-65-31-17-13-27-61(65)72(62-28-14-18-32-66(62)75)52-41-37-50(38-42-52)22-8-6-2/h9-20,23-48H,5-8,21-22H2,1-4H3. The first-order valence-corrected chi connectivity index (χ1v) is 28.2. The zero-order valence-corrected chi connectivity index (χ0v) is 44.7. The molecule has 0 aromatic heterocycles. The minimum atomic E-state index is -0.247. The lowest BCUT2D eigenvalue weighted by molar-refractivity contribution is 0.661. The lowest BCUT2D eigenvalue weighted by atomic mass is 9.78. The predicted molar refractivity (Wildman–Crippen MR) is 333 cm³/mol. The molecular formula is C77H62. The van der Waals surface area contributed by atoms with E-state index in [4.69, 9.17) is 0 Å². The maximum atomic E-state index is 2.53. The van der Waals surface area contributed by atoms with Crippen LogP contribution in [0.5, 0.6) is 0 Å². The van der Waals surface area contributed by atoms with Gasteiger partial charge in [-0.25, -0.2) is 0 Å². The van der Waals surface area contributed by atoms with E-state index in [-0.39, 0.29) is 5.41 Å². The van der Waals surface area contributed by atoms with E-state index >= 15 is 0 Å². The van der Waals surface area contributed by atoms with Crippen molar-refractivity contribution in [1.82, 2.24) is 0 Å². The third-order valence-corrected chi connectivity index (χ3v) is 17.4. The predicted octanol–water partition coefficient (Wildman–Crippen LogP) is 21.9. The fraction of sp³-hybridized carbons (Fsp3) is 0.143. The van der Waals surface area contributed by atoms with Gasteiger partial charge < -0.3 is 0 Å². The van der Waals surface area contributed by atoms with Crippen LogP contribution in [0.15, 0.2) is 231 Å². The molecule has 0 heterocycles. The van der Waals surface area contributed by atoms with Crippen molar-refractivity contribution in [1.29, 1.82) is 0 Å². The van der Waals surface area contributed by atoms with E-state index in [9.17, 15) is 0 Å². The normalized spacial score (nSPS) is 12.8. The molecule has 14 rings (SSSR count). The maximum absolute atomic E-state index is 2.53. The summed E-state index contributed by atoms with van der Waals surface area (Å²) in [6, 6.07) is 88.2. The molecule has 1 aliphatic carbocycles. The molecule has 0 spiro atoms. The number of hydrogen-bond donors (Lipinski definition) is 0. The largest absolute Gasteiger partial charge is 0.0654 e. The van der Waals surface area contributed by atoms with Crippen molar-refractivity contribution in [2.75, 3.05) is 0 Å². The number of benzene rings is 13. The Hall–Kier alpha value is -8.58. The Bertz CT molecular complexity index is 4300. The first-order chi connectivity index (χ1) is 37.9. The molecule has 0 atom stereocenters. The molecule has 0 aliphatic heterocycles. The SMILES string of the molecule is CCCCc1ccc(-c2c3ccccc3c(-c3ccc4c(c3)C(C)(C)c3cc(-c5c6ccccc6c(-c6c7ccccc7c(-c7ccc(CCCC)cc7)c7ccccc67)c6ccccc56)ccc3-4)c3ccccc23)cc1. The highest BCUT2D eigenvalue weighted by Gasteiger charge is 2.37. The molecule has 0 nitrogen and oxygen atoms in total. The number of aryl methyl sites for hydroxylation is 2. The van der Waals surface area contributed by atoms with Crippen molar-refractivity contribution in [2.24, 2.45) is 0 Å². The van der Waals surface area contributed by atoms with Gasteiger partial charge in [-0.2, -0.15) is 0 Å². The third-order valence-electron chi connectivity index (χ3n) is 17.4. The van der Waals surface area contributed by atoms with Gasteiger partial charge in [-0.1, -0.05) is 259 Å². The van der Waals surface area contributed by atoms with Crippen LogP contribution in [-0.2, 0) is 18.3 Å². The molecule has 0 heteroatoms. The summed E-state index contributed by atoms with van der Waals surface area (Å²) < 4.78 is 0. The van der Waals surface area contributed by atoms with Crippen LogP contribution in [-0.4, -0.2) is 0 Å². The highest BCUT2D eigenvalue weighted by Crippen LogP contribution is 2.55. The van der Waals surface area contributed by atoms with E-state index in [1.54, 1.807) is 0 Å². The minimum Gasteiger partial charge on any atom is -0.0654 e. The zero-order chi connectivity index (χ0) is 51.8. The second-order valence-corrected chi connectivity index (χ2v) is 22.3. The number of rotatable bonds is 11. The van der Waals surface area contributed by atoms with Crippen molar-refractivity contribution in [2.45, 2.75) is 71.6 Å². The summed E-state index contributed by atoms with van der Waals surface area (Å²) in [5, 5.41) is 15.4. The van der Waals surface area contributed by atoms with Crippen molar-refractivity contribution in [3.05, 3.63) is 253 Å². The fourth-order valence-electron chi connectivity index (χ4n) is 13.7. The molecule has 0 N–H and O–H groups in total. The van der Waals surface area contributed by atoms with E-state index in [0.717, 1.165) is 12.8 Å². The van der Waals surface area contributed by atoms with E-state index in [1.165, 1.54) is 179 Å². The quantitative estimate of drug-likeness (QED) is 0.113. The van der Waals surface area contributed by atoms with Gasteiger partial charge in [0.25, 0.3) is 0 Å². The first kappa shape index (κ1) is 46.9. The van der Waals surface area contributed by atoms with Crippen molar-refractivity contribution >= 4 is 64.6 Å². The average Bonchev–Trinajstić information content (AvgIpc) is 3.86. The van der Waals surface area contributed by atoms with Gasteiger partial charge in [0.15, 0.2) is 0 Å². The molecule has 13 aromatic carbocycles. The van der Waals surface area contributed by atoms with Crippen molar-refractivity contribution in [3.63, 3.8) is 0 Å². The molecule has 77 heavy (non-hydrogen) atoms. The first-order valence-electron chi connectivity index (χ1n) is 28.2. The van der Waals surface area contributed by atoms with E-state index in [1.807, 2.05) is 0 Å². The van der Waals surface area contributed by atoms with E-state index < -0.39 is 0 Å². The highest BCUT2D eigenvalue weighted by molar-refractivity contribution is 6.30.